The lowest BCUT2D eigenvalue weighted by Crippen LogP contribution is -2.13. The van der Waals surface area contributed by atoms with Gasteiger partial charge in [-0.2, -0.15) is 0 Å². The molecular formula is C22H24N2O2. The first-order valence-electron chi connectivity index (χ1n) is 9.37. The van der Waals surface area contributed by atoms with Crippen LogP contribution in [0.2, 0.25) is 0 Å². The highest BCUT2D eigenvalue weighted by molar-refractivity contribution is 5.53. The normalized spacial score (nSPS) is 14.2. The van der Waals surface area contributed by atoms with Gasteiger partial charge in [0.2, 0.25) is 11.8 Å². The standard InChI is InChI=1S/C22H24N2O2/c1-16-20(24-22(26-16)19-8-3-2-4-9-19)12-13-25-21-11-10-18(15-23-21)14-17-6-5-7-17/h2-4,8-11,15,17H,5-7,12-14H2,1H3. The van der Waals surface area contributed by atoms with Gasteiger partial charge >= 0.3 is 0 Å². The Labute approximate surface area is 154 Å². The molecule has 0 atom stereocenters. The van der Waals surface area contributed by atoms with Gasteiger partial charge in [-0.05, 0) is 37.0 Å². The molecule has 0 aliphatic heterocycles. The van der Waals surface area contributed by atoms with Gasteiger partial charge in [-0.15, -0.1) is 0 Å². The first kappa shape index (κ1) is 16.8. The van der Waals surface area contributed by atoms with Crippen molar-refractivity contribution in [2.45, 2.75) is 39.0 Å². The Balaban J connectivity index is 1.31. The zero-order chi connectivity index (χ0) is 17.8. The summed E-state index contributed by atoms with van der Waals surface area (Å²) in [6, 6.07) is 14.1. The van der Waals surface area contributed by atoms with Crippen LogP contribution in [0.3, 0.4) is 0 Å². The second kappa shape index (κ2) is 7.73. The first-order valence-corrected chi connectivity index (χ1v) is 9.37. The topological polar surface area (TPSA) is 48.2 Å². The molecule has 1 aromatic carbocycles. The number of nitrogens with zero attached hydrogens (tertiary/aromatic N) is 2. The van der Waals surface area contributed by atoms with Crippen molar-refractivity contribution in [2.24, 2.45) is 5.92 Å². The number of aromatic nitrogens is 2. The molecule has 0 radical (unpaired) electrons. The molecule has 1 aliphatic carbocycles. The van der Waals surface area contributed by atoms with Crippen molar-refractivity contribution >= 4 is 0 Å². The molecule has 0 unspecified atom stereocenters. The lowest BCUT2D eigenvalue weighted by molar-refractivity contribution is 0.304. The van der Waals surface area contributed by atoms with Crippen LogP contribution in [0.25, 0.3) is 11.5 Å². The van der Waals surface area contributed by atoms with Crippen molar-refractivity contribution in [1.82, 2.24) is 9.97 Å². The minimum Gasteiger partial charge on any atom is -0.477 e. The van der Waals surface area contributed by atoms with Crippen LogP contribution >= 0.6 is 0 Å². The Hall–Kier alpha value is -2.62. The van der Waals surface area contributed by atoms with Gasteiger partial charge in [0.25, 0.3) is 0 Å². The summed E-state index contributed by atoms with van der Waals surface area (Å²) in [6.07, 6.45) is 7.90. The molecule has 1 saturated carbocycles. The number of ether oxygens (including phenoxy) is 1. The van der Waals surface area contributed by atoms with Gasteiger partial charge in [-0.25, -0.2) is 9.97 Å². The minimum absolute atomic E-state index is 0.538. The van der Waals surface area contributed by atoms with Gasteiger partial charge < -0.3 is 9.15 Å². The molecule has 4 rings (SSSR count). The molecule has 1 aliphatic rings. The highest BCUT2D eigenvalue weighted by Crippen LogP contribution is 2.29. The number of oxazole rings is 1. The number of benzene rings is 1. The van der Waals surface area contributed by atoms with Crippen molar-refractivity contribution in [3.8, 4) is 17.3 Å². The second-order valence-electron chi connectivity index (χ2n) is 6.99. The van der Waals surface area contributed by atoms with Crippen LogP contribution in [-0.2, 0) is 12.8 Å². The van der Waals surface area contributed by atoms with Crippen molar-refractivity contribution < 1.29 is 9.15 Å². The molecule has 2 aromatic heterocycles. The molecule has 0 bridgehead atoms. The summed E-state index contributed by atoms with van der Waals surface area (Å²) in [6.45, 7) is 2.48. The summed E-state index contributed by atoms with van der Waals surface area (Å²) in [5.74, 6) is 3.04. The summed E-state index contributed by atoms with van der Waals surface area (Å²) in [5.41, 5.74) is 3.24. The third kappa shape index (κ3) is 3.96. The predicted molar refractivity (Wildman–Crippen MR) is 101 cm³/mol. The van der Waals surface area contributed by atoms with Gasteiger partial charge in [0.1, 0.15) is 5.76 Å². The van der Waals surface area contributed by atoms with Crippen LogP contribution in [-0.4, -0.2) is 16.6 Å². The molecule has 0 saturated heterocycles. The van der Waals surface area contributed by atoms with E-state index in [9.17, 15) is 0 Å². The molecule has 1 fully saturated rings. The maximum atomic E-state index is 5.79. The fourth-order valence-electron chi connectivity index (χ4n) is 3.26. The molecule has 2 heterocycles. The van der Waals surface area contributed by atoms with E-state index in [1.807, 2.05) is 49.5 Å². The van der Waals surface area contributed by atoms with E-state index < -0.39 is 0 Å². The third-order valence-corrected chi connectivity index (χ3v) is 5.05. The SMILES string of the molecule is Cc1oc(-c2ccccc2)nc1CCOc1ccc(CC2CCC2)cn1. The second-order valence-corrected chi connectivity index (χ2v) is 6.99. The Morgan fingerprint density at radius 3 is 2.65 bits per heavy atom. The van der Waals surface area contributed by atoms with Crippen LogP contribution in [0.4, 0.5) is 0 Å². The lowest BCUT2D eigenvalue weighted by atomic mass is 9.81. The van der Waals surface area contributed by atoms with E-state index in [1.165, 1.54) is 24.8 Å². The fraction of sp³-hybridized carbons (Fsp3) is 0.364. The molecule has 0 amide bonds. The van der Waals surface area contributed by atoms with Crippen molar-refractivity contribution in [1.29, 1.82) is 0 Å². The Morgan fingerprint density at radius 1 is 1.12 bits per heavy atom. The zero-order valence-corrected chi connectivity index (χ0v) is 15.1. The molecular weight excluding hydrogens is 324 g/mol. The van der Waals surface area contributed by atoms with Gasteiger partial charge in [-0.3, -0.25) is 0 Å². The predicted octanol–water partition coefficient (Wildman–Crippen LogP) is 5.01. The average Bonchev–Trinajstić information content (AvgIpc) is 3.01. The largest absolute Gasteiger partial charge is 0.477 e. The first-order chi connectivity index (χ1) is 12.8. The molecule has 0 N–H and O–H groups in total. The van der Waals surface area contributed by atoms with Crippen molar-refractivity contribution in [2.75, 3.05) is 6.61 Å². The van der Waals surface area contributed by atoms with E-state index in [2.05, 4.69) is 16.0 Å². The summed E-state index contributed by atoms with van der Waals surface area (Å²) < 4.78 is 11.6. The fourth-order valence-corrected chi connectivity index (χ4v) is 3.26. The number of pyridine rings is 1. The van der Waals surface area contributed by atoms with E-state index in [-0.39, 0.29) is 0 Å². The number of hydrogen-bond acceptors (Lipinski definition) is 4. The van der Waals surface area contributed by atoms with E-state index in [1.54, 1.807) is 0 Å². The zero-order valence-electron chi connectivity index (χ0n) is 15.1. The third-order valence-electron chi connectivity index (χ3n) is 5.05. The van der Waals surface area contributed by atoms with Crippen LogP contribution < -0.4 is 4.74 Å². The molecule has 0 spiro atoms. The highest BCUT2D eigenvalue weighted by atomic mass is 16.5. The smallest absolute Gasteiger partial charge is 0.226 e. The summed E-state index contributed by atoms with van der Waals surface area (Å²) in [4.78, 5) is 9.04. The quantitative estimate of drug-likeness (QED) is 0.602. The van der Waals surface area contributed by atoms with Crippen LogP contribution in [0.5, 0.6) is 5.88 Å². The average molecular weight is 348 g/mol. The summed E-state index contributed by atoms with van der Waals surface area (Å²) in [5, 5.41) is 0. The maximum Gasteiger partial charge on any atom is 0.226 e. The molecule has 3 aromatic rings. The molecule has 4 nitrogen and oxygen atoms in total. The highest BCUT2D eigenvalue weighted by Gasteiger charge is 2.17. The van der Waals surface area contributed by atoms with Crippen molar-refractivity contribution in [3.63, 3.8) is 0 Å². The maximum absolute atomic E-state index is 5.79. The van der Waals surface area contributed by atoms with Crippen molar-refractivity contribution in [3.05, 3.63) is 65.7 Å². The van der Waals surface area contributed by atoms with Gasteiger partial charge in [0.05, 0.1) is 12.3 Å². The number of aryl methyl sites for hydroxylation is 1. The Morgan fingerprint density at radius 2 is 1.96 bits per heavy atom. The molecule has 134 valence electrons. The van der Waals surface area contributed by atoms with Gasteiger partial charge in [-0.1, -0.05) is 43.5 Å². The summed E-state index contributed by atoms with van der Waals surface area (Å²) >= 11 is 0. The molecule has 26 heavy (non-hydrogen) atoms. The number of rotatable bonds is 7. The van der Waals surface area contributed by atoms with Gasteiger partial charge in [0.15, 0.2) is 0 Å². The van der Waals surface area contributed by atoms with E-state index >= 15 is 0 Å². The molecule has 4 heteroatoms. The van der Waals surface area contributed by atoms with Crippen LogP contribution in [0.15, 0.2) is 53.1 Å². The van der Waals surface area contributed by atoms with Crippen LogP contribution in [0.1, 0.15) is 36.3 Å². The summed E-state index contributed by atoms with van der Waals surface area (Å²) in [7, 11) is 0. The van der Waals surface area contributed by atoms with E-state index in [0.29, 0.717) is 24.8 Å². The van der Waals surface area contributed by atoms with Crippen LogP contribution in [0, 0.1) is 12.8 Å². The Kier molecular flexibility index (Phi) is 5.00. The van der Waals surface area contributed by atoms with E-state index in [0.717, 1.165) is 29.4 Å². The van der Waals surface area contributed by atoms with E-state index in [4.69, 9.17) is 9.15 Å². The minimum atomic E-state index is 0.538. The van der Waals surface area contributed by atoms with Gasteiger partial charge in [0, 0.05) is 24.2 Å². The lowest BCUT2D eigenvalue weighted by Gasteiger charge is -2.25. The Bertz CT molecular complexity index is 836. The number of hydrogen-bond donors (Lipinski definition) is 0. The monoisotopic (exact) mass is 348 g/mol.